The quantitative estimate of drug-likeness (QED) is 0.661. The van der Waals surface area contributed by atoms with Crippen LogP contribution in [-0.2, 0) is 14.3 Å². The van der Waals surface area contributed by atoms with Gasteiger partial charge in [-0.1, -0.05) is 24.3 Å². The summed E-state index contributed by atoms with van der Waals surface area (Å²) in [7, 11) is 0. The third-order valence-corrected chi connectivity index (χ3v) is 2.87. The Labute approximate surface area is 137 Å². The molecule has 5 nitrogen and oxygen atoms in total. The standard InChI is InChI=1S/C18H25NO4/c1-6-22-16(20)12-9-14-7-10-15(11-8-14)13(2)19-17(21)23-18(3,4)5/h7-13H,6H2,1-5H3,(H,19,21)/t13-/m0/s1. The summed E-state index contributed by atoms with van der Waals surface area (Å²) in [5.41, 5.74) is 1.31. The van der Waals surface area contributed by atoms with Gasteiger partial charge in [-0.15, -0.1) is 0 Å². The highest BCUT2D eigenvalue weighted by Crippen LogP contribution is 2.15. The van der Waals surface area contributed by atoms with Crippen LogP contribution in [0.2, 0.25) is 0 Å². The number of hydrogen-bond donors (Lipinski definition) is 1. The minimum absolute atomic E-state index is 0.173. The van der Waals surface area contributed by atoms with Gasteiger partial charge in [0.15, 0.2) is 0 Å². The monoisotopic (exact) mass is 319 g/mol. The summed E-state index contributed by atoms with van der Waals surface area (Å²) < 4.78 is 10.1. The molecule has 1 N–H and O–H groups in total. The number of amides is 1. The number of ether oxygens (including phenoxy) is 2. The molecule has 0 bridgehead atoms. The molecule has 0 spiro atoms. The van der Waals surface area contributed by atoms with E-state index in [1.807, 2.05) is 52.0 Å². The smallest absolute Gasteiger partial charge is 0.408 e. The van der Waals surface area contributed by atoms with Crippen LogP contribution in [0.3, 0.4) is 0 Å². The third kappa shape index (κ3) is 7.49. The average Bonchev–Trinajstić information content (AvgIpc) is 2.44. The zero-order valence-corrected chi connectivity index (χ0v) is 14.4. The summed E-state index contributed by atoms with van der Waals surface area (Å²) in [4.78, 5) is 23.0. The first-order chi connectivity index (χ1) is 10.7. The summed E-state index contributed by atoms with van der Waals surface area (Å²) in [6, 6.07) is 7.36. The molecule has 5 heteroatoms. The Morgan fingerprint density at radius 2 is 1.83 bits per heavy atom. The molecule has 0 unspecified atom stereocenters. The van der Waals surface area contributed by atoms with Gasteiger partial charge in [0.1, 0.15) is 5.60 Å². The van der Waals surface area contributed by atoms with Crippen LogP contribution in [0.15, 0.2) is 30.3 Å². The zero-order chi connectivity index (χ0) is 17.5. The largest absolute Gasteiger partial charge is 0.463 e. The highest BCUT2D eigenvalue weighted by atomic mass is 16.6. The van der Waals surface area contributed by atoms with E-state index in [4.69, 9.17) is 9.47 Å². The topological polar surface area (TPSA) is 64.6 Å². The molecule has 0 fully saturated rings. The Hall–Kier alpha value is -2.30. The van der Waals surface area contributed by atoms with Gasteiger partial charge in [-0.3, -0.25) is 0 Å². The molecule has 1 aromatic carbocycles. The molecular formula is C18H25NO4. The van der Waals surface area contributed by atoms with Crippen molar-refractivity contribution in [3.8, 4) is 0 Å². The fourth-order valence-corrected chi connectivity index (χ4v) is 1.82. The highest BCUT2D eigenvalue weighted by molar-refractivity contribution is 5.87. The van der Waals surface area contributed by atoms with Gasteiger partial charge < -0.3 is 14.8 Å². The number of rotatable bonds is 5. The van der Waals surface area contributed by atoms with E-state index in [1.165, 1.54) is 6.08 Å². The first-order valence-electron chi connectivity index (χ1n) is 7.65. The fraction of sp³-hybridized carbons (Fsp3) is 0.444. The van der Waals surface area contributed by atoms with Crippen LogP contribution >= 0.6 is 0 Å². The molecule has 0 radical (unpaired) electrons. The van der Waals surface area contributed by atoms with Gasteiger partial charge in [0.25, 0.3) is 0 Å². The second-order valence-corrected chi connectivity index (χ2v) is 6.12. The summed E-state index contributed by atoms with van der Waals surface area (Å²) in [6.07, 6.45) is 2.63. The fourth-order valence-electron chi connectivity index (χ4n) is 1.82. The van der Waals surface area contributed by atoms with Crippen molar-refractivity contribution in [2.24, 2.45) is 0 Å². The Bertz CT molecular complexity index is 555. The summed E-state index contributed by atoms with van der Waals surface area (Å²) in [5, 5.41) is 2.79. The van der Waals surface area contributed by atoms with Crippen LogP contribution in [-0.4, -0.2) is 24.3 Å². The van der Waals surface area contributed by atoms with Gasteiger partial charge >= 0.3 is 12.1 Å². The van der Waals surface area contributed by atoms with Crippen molar-refractivity contribution in [2.45, 2.75) is 46.3 Å². The third-order valence-electron chi connectivity index (χ3n) is 2.87. The van der Waals surface area contributed by atoms with Crippen molar-refractivity contribution >= 4 is 18.1 Å². The van der Waals surface area contributed by atoms with Gasteiger partial charge in [-0.2, -0.15) is 0 Å². The second kappa shape index (κ2) is 8.36. The normalized spacial score (nSPS) is 12.7. The first kappa shape index (κ1) is 18.7. The molecule has 1 amide bonds. The number of alkyl carbamates (subject to hydrolysis) is 1. The van der Waals surface area contributed by atoms with Crippen LogP contribution in [0.4, 0.5) is 4.79 Å². The first-order valence-corrected chi connectivity index (χ1v) is 7.65. The predicted molar refractivity (Wildman–Crippen MR) is 89.9 cm³/mol. The number of carbonyl (C=O) groups excluding carboxylic acids is 2. The number of esters is 1. The lowest BCUT2D eigenvalue weighted by atomic mass is 10.1. The minimum atomic E-state index is -0.522. The van der Waals surface area contributed by atoms with Crippen molar-refractivity contribution in [3.63, 3.8) is 0 Å². The van der Waals surface area contributed by atoms with Gasteiger partial charge in [0.2, 0.25) is 0 Å². The molecule has 126 valence electrons. The molecule has 23 heavy (non-hydrogen) atoms. The summed E-state index contributed by atoms with van der Waals surface area (Å²) in [6.45, 7) is 9.47. The summed E-state index contributed by atoms with van der Waals surface area (Å²) in [5.74, 6) is -0.364. The lowest BCUT2D eigenvalue weighted by molar-refractivity contribution is -0.137. The van der Waals surface area contributed by atoms with Crippen LogP contribution in [0.1, 0.15) is 51.8 Å². The molecule has 0 aromatic heterocycles. The van der Waals surface area contributed by atoms with Gasteiger partial charge in [-0.05, 0) is 51.8 Å². The van der Waals surface area contributed by atoms with Crippen LogP contribution in [0, 0.1) is 0 Å². The molecule has 0 saturated heterocycles. The Morgan fingerprint density at radius 1 is 1.22 bits per heavy atom. The van der Waals surface area contributed by atoms with Crippen molar-refractivity contribution in [1.82, 2.24) is 5.32 Å². The lowest BCUT2D eigenvalue weighted by Gasteiger charge is -2.22. The van der Waals surface area contributed by atoms with Gasteiger partial charge in [-0.25, -0.2) is 9.59 Å². The van der Waals surface area contributed by atoms with Crippen molar-refractivity contribution < 1.29 is 19.1 Å². The van der Waals surface area contributed by atoms with E-state index in [1.54, 1.807) is 13.0 Å². The number of benzene rings is 1. The molecule has 0 aliphatic carbocycles. The zero-order valence-electron chi connectivity index (χ0n) is 14.4. The molecule has 0 aliphatic rings. The van der Waals surface area contributed by atoms with E-state index in [0.29, 0.717) is 6.61 Å². The minimum Gasteiger partial charge on any atom is -0.463 e. The molecule has 1 rings (SSSR count). The maximum Gasteiger partial charge on any atom is 0.408 e. The molecule has 0 heterocycles. The molecule has 1 atom stereocenters. The van der Waals surface area contributed by atoms with E-state index in [9.17, 15) is 9.59 Å². The summed E-state index contributed by atoms with van der Waals surface area (Å²) >= 11 is 0. The predicted octanol–water partition coefficient (Wildman–Crippen LogP) is 3.85. The van der Waals surface area contributed by atoms with Crippen LogP contribution < -0.4 is 5.32 Å². The van der Waals surface area contributed by atoms with E-state index in [2.05, 4.69) is 5.32 Å². The highest BCUT2D eigenvalue weighted by Gasteiger charge is 2.18. The number of carbonyl (C=O) groups is 2. The van der Waals surface area contributed by atoms with Gasteiger partial charge in [0.05, 0.1) is 12.6 Å². The molecule has 1 aromatic rings. The van der Waals surface area contributed by atoms with Crippen molar-refractivity contribution in [2.75, 3.05) is 6.61 Å². The Morgan fingerprint density at radius 3 is 2.35 bits per heavy atom. The maximum absolute atomic E-state index is 11.8. The van der Waals surface area contributed by atoms with E-state index >= 15 is 0 Å². The number of nitrogens with one attached hydrogen (secondary N) is 1. The average molecular weight is 319 g/mol. The lowest BCUT2D eigenvalue weighted by Crippen LogP contribution is -2.34. The number of hydrogen-bond acceptors (Lipinski definition) is 4. The van der Waals surface area contributed by atoms with Gasteiger partial charge in [0, 0.05) is 6.08 Å². The van der Waals surface area contributed by atoms with E-state index < -0.39 is 11.7 Å². The SMILES string of the molecule is CCOC(=O)C=Cc1ccc([C@H](C)NC(=O)OC(C)(C)C)cc1. The van der Waals surface area contributed by atoms with E-state index in [0.717, 1.165) is 11.1 Å². The van der Waals surface area contributed by atoms with Crippen LogP contribution in [0.25, 0.3) is 6.08 Å². The Kier molecular flexibility index (Phi) is 6.82. The molecular weight excluding hydrogens is 294 g/mol. The van der Waals surface area contributed by atoms with E-state index in [-0.39, 0.29) is 12.0 Å². The van der Waals surface area contributed by atoms with Crippen molar-refractivity contribution in [1.29, 1.82) is 0 Å². The maximum atomic E-state index is 11.8. The molecule has 0 aliphatic heterocycles. The van der Waals surface area contributed by atoms with Crippen molar-refractivity contribution in [3.05, 3.63) is 41.5 Å². The molecule has 0 saturated carbocycles. The van der Waals surface area contributed by atoms with Crippen LogP contribution in [0.5, 0.6) is 0 Å². The second-order valence-electron chi connectivity index (χ2n) is 6.12. The Balaban J connectivity index is 2.62.